The fourth-order valence-electron chi connectivity index (χ4n) is 3.67. The summed E-state index contributed by atoms with van der Waals surface area (Å²) in [6.45, 7) is 6.18. The summed E-state index contributed by atoms with van der Waals surface area (Å²) in [5, 5.41) is 15.7. The number of aryl methyl sites for hydroxylation is 2. The summed E-state index contributed by atoms with van der Waals surface area (Å²) in [7, 11) is 0. The molecule has 0 atom stereocenters. The van der Waals surface area contributed by atoms with Crippen molar-refractivity contribution in [2.75, 3.05) is 0 Å². The molecular weight excluding hydrogens is 424 g/mol. The van der Waals surface area contributed by atoms with Gasteiger partial charge in [0.15, 0.2) is 0 Å². The predicted molar refractivity (Wildman–Crippen MR) is 128 cm³/mol. The molecule has 162 valence electrons. The van der Waals surface area contributed by atoms with Crippen molar-refractivity contribution in [1.82, 2.24) is 9.99 Å². The van der Waals surface area contributed by atoms with Gasteiger partial charge in [0.05, 0.1) is 16.0 Å². The maximum Gasteiger partial charge on any atom is 0.281 e. The van der Waals surface area contributed by atoms with E-state index in [9.17, 15) is 14.9 Å². The van der Waals surface area contributed by atoms with Crippen LogP contribution in [0, 0.1) is 24.0 Å². The van der Waals surface area contributed by atoms with Crippen LogP contribution in [0.5, 0.6) is 0 Å². The molecule has 0 saturated heterocycles. The zero-order valence-electron chi connectivity index (χ0n) is 18.0. The standard InChI is InChI=1S/C24H22N4O3S/c1-4-17-5-7-20(8-6-17)27-15(2)11-19(16(27)3)14-25-26-24(29)23-13-18-12-21(28(30)31)9-10-22(18)32-23/h5-14H,4H2,1-3H3,(H,26,29). The Morgan fingerprint density at radius 3 is 2.59 bits per heavy atom. The Morgan fingerprint density at radius 1 is 1.16 bits per heavy atom. The van der Waals surface area contributed by atoms with Crippen LogP contribution in [0.15, 0.2) is 59.7 Å². The molecule has 1 N–H and O–H groups in total. The van der Waals surface area contributed by atoms with Gasteiger partial charge < -0.3 is 4.57 Å². The molecule has 0 fully saturated rings. The lowest BCUT2D eigenvalue weighted by molar-refractivity contribution is -0.384. The minimum Gasteiger partial charge on any atom is -0.318 e. The van der Waals surface area contributed by atoms with Crippen LogP contribution in [0.2, 0.25) is 0 Å². The zero-order chi connectivity index (χ0) is 22.8. The quantitative estimate of drug-likeness (QED) is 0.239. The number of carbonyl (C=O) groups is 1. The van der Waals surface area contributed by atoms with Crippen LogP contribution < -0.4 is 5.43 Å². The number of hydrazone groups is 1. The van der Waals surface area contributed by atoms with Gasteiger partial charge in [-0.05, 0) is 56.2 Å². The van der Waals surface area contributed by atoms with E-state index in [0.717, 1.165) is 33.8 Å². The number of nitro groups is 1. The first-order valence-corrected chi connectivity index (χ1v) is 11.0. The van der Waals surface area contributed by atoms with E-state index in [1.807, 2.05) is 19.9 Å². The van der Waals surface area contributed by atoms with Gasteiger partial charge in [-0.15, -0.1) is 11.3 Å². The van der Waals surface area contributed by atoms with Crippen molar-refractivity contribution in [3.05, 3.63) is 92.1 Å². The van der Waals surface area contributed by atoms with Gasteiger partial charge in [0.2, 0.25) is 0 Å². The summed E-state index contributed by atoms with van der Waals surface area (Å²) < 4.78 is 2.96. The van der Waals surface area contributed by atoms with Gasteiger partial charge in [0.25, 0.3) is 11.6 Å². The number of amides is 1. The lowest BCUT2D eigenvalue weighted by atomic mass is 10.1. The van der Waals surface area contributed by atoms with Crippen LogP contribution in [0.3, 0.4) is 0 Å². The second-order valence-electron chi connectivity index (χ2n) is 7.47. The number of thiophene rings is 1. The molecule has 2 aromatic carbocycles. The van der Waals surface area contributed by atoms with Gasteiger partial charge >= 0.3 is 0 Å². The molecule has 2 heterocycles. The van der Waals surface area contributed by atoms with Crippen molar-refractivity contribution in [2.45, 2.75) is 27.2 Å². The van der Waals surface area contributed by atoms with Gasteiger partial charge in [0.1, 0.15) is 0 Å². The molecule has 32 heavy (non-hydrogen) atoms. The van der Waals surface area contributed by atoms with E-state index >= 15 is 0 Å². The summed E-state index contributed by atoms with van der Waals surface area (Å²) in [6, 6.07) is 16.7. The largest absolute Gasteiger partial charge is 0.318 e. The van der Waals surface area contributed by atoms with Crippen LogP contribution in [0.25, 0.3) is 15.8 Å². The van der Waals surface area contributed by atoms with E-state index in [2.05, 4.69) is 46.3 Å². The second kappa shape index (κ2) is 8.76. The Hall–Kier alpha value is -3.78. The van der Waals surface area contributed by atoms with E-state index in [1.165, 1.54) is 29.0 Å². The molecule has 8 heteroatoms. The number of hydrogen-bond acceptors (Lipinski definition) is 5. The molecule has 0 unspecified atom stereocenters. The smallest absolute Gasteiger partial charge is 0.281 e. The van der Waals surface area contributed by atoms with Crippen molar-refractivity contribution < 1.29 is 9.72 Å². The molecule has 0 aliphatic heterocycles. The van der Waals surface area contributed by atoms with Crippen molar-refractivity contribution in [3.63, 3.8) is 0 Å². The van der Waals surface area contributed by atoms with Crippen LogP contribution in [0.1, 0.15) is 39.1 Å². The molecule has 0 bridgehead atoms. The van der Waals surface area contributed by atoms with E-state index in [-0.39, 0.29) is 11.6 Å². The monoisotopic (exact) mass is 446 g/mol. The highest BCUT2D eigenvalue weighted by Gasteiger charge is 2.13. The summed E-state index contributed by atoms with van der Waals surface area (Å²) in [5.41, 5.74) is 7.94. The van der Waals surface area contributed by atoms with E-state index in [1.54, 1.807) is 18.3 Å². The Kier molecular flexibility index (Phi) is 5.87. The molecular formula is C24H22N4O3S. The van der Waals surface area contributed by atoms with E-state index < -0.39 is 4.92 Å². The first-order valence-electron chi connectivity index (χ1n) is 10.2. The number of benzene rings is 2. The third kappa shape index (κ3) is 4.17. The third-order valence-corrected chi connectivity index (χ3v) is 6.49. The highest BCUT2D eigenvalue weighted by atomic mass is 32.1. The SMILES string of the molecule is CCc1ccc(-n2c(C)cc(C=NNC(=O)c3cc4cc([N+](=O)[O-])ccc4s3)c2C)cc1. The topological polar surface area (TPSA) is 89.5 Å². The van der Waals surface area contributed by atoms with Crippen molar-refractivity contribution in [3.8, 4) is 5.69 Å². The maximum absolute atomic E-state index is 12.5. The average Bonchev–Trinajstić information content (AvgIpc) is 3.33. The number of rotatable bonds is 6. The van der Waals surface area contributed by atoms with E-state index in [4.69, 9.17) is 0 Å². The first-order chi connectivity index (χ1) is 15.4. The molecule has 4 aromatic rings. The number of fused-ring (bicyclic) bond motifs is 1. The number of nitrogens with one attached hydrogen (secondary N) is 1. The highest BCUT2D eigenvalue weighted by Crippen LogP contribution is 2.29. The molecule has 2 aromatic heterocycles. The van der Waals surface area contributed by atoms with Crippen LogP contribution in [0.4, 0.5) is 5.69 Å². The van der Waals surface area contributed by atoms with Crippen molar-refractivity contribution in [1.29, 1.82) is 0 Å². The Bertz CT molecular complexity index is 1350. The molecule has 0 spiro atoms. The molecule has 4 rings (SSSR count). The summed E-state index contributed by atoms with van der Waals surface area (Å²) in [4.78, 5) is 23.4. The van der Waals surface area contributed by atoms with Crippen molar-refractivity contribution >= 4 is 39.2 Å². The minimum atomic E-state index is -0.449. The second-order valence-corrected chi connectivity index (χ2v) is 8.55. The lowest BCUT2D eigenvalue weighted by Gasteiger charge is -2.10. The van der Waals surface area contributed by atoms with Crippen LogP contribution in [-0.4, -0.2) is 21.6 Å². The predicted octanol–water partition coefficient (Wildman–Crippen LogP) is 5.54. The Balaban J connectivity index is 1.51. The maximum atomic E-state index is 12.5. The molecule has 0 aliphatic rings. The van der Waals surface area contributed by atoms with Crippen LogP contribution in [-0.2, 0) is 6.42 Å². The van der Waals surface area contributed by atoms with Gasteiger partial charge in [0, 0.05) is 44.9 Å². The summed E-state index contributed by atoms with van der Waals surface area (Å²) in [5.74, 6) is -0.353. The number of nitro benzene ring substituents is 1. The molecule has 7 nitrogen and oxygen atoms in total. The molecule has 1 amide bonds. The summed E-state index contributed by atoms with van der Waals surface area (Å²) >= 11 is 1.27. The van der Waals surface area contributed by atoms with Crippen molar-refractivity contribution in [2.24, 2.45) is 5.10 Å². The fraction of sp³-hybridized carbons (Fsp3) is 0.167. The van der Waals surface area contributed by atoms with Gasteiger partial charge in [-0.3, -0.25) is 14.9 Å². The van der Waals surface area contributed by atoms with Gasteiger partial charge in [-0.1, -0.05) is 19.1 Å². The highest BCUT2D eigenvalue weighted by molar-refractivity contribution is 7.20. The lowest BCUT2D eigenvalue weighted by Crippen LogP contribution is -2.16. The fourth-order valence-corrected chi connectivity index (χ4v) is 4.60. The first kappa shape index (κ1) is 21.5. The number of nitrogens with zero attached hydrogens (tertiary/aromatic N) is 3. The van der Waals surface area contributed by atoms with Gasteiger partial charge in [-0.25, -0.2) is 5.43 Å². The number of carbonyl (C=O) groups excluding carboxylic acids is 1. The number of aromatic nitrogens is 1. The van der Waals surface area contributed by atoms with Crippen LogP contribution >= 0.6 is 11.3 Å². The van der Waals surface area contributed by atoms with Gasteiger partial charge in [-0.2, -0.15) is 5.10 Å². The molecule has 0 aliphatic carbocycles. The normalized spacial score (nSPS) is 11.3. The Labute approximate surface area is 189 Å². The molecule has 0 saturated carbocycles. The minimum absolute atomic E-state index is 0.0000277. The number of non-ortho nitro benzene ring substituents is 1. The summed E-state index contributed by atoms with van der Waals surface area (Å²) in [6.07, 6.45) is 2.63. The molecule has 0 radical (unpaired) electrons. The number of hydrogen-bond donors (Lipinski definition) is 1. The van der Waals surface area contributed by atoms with E-state index in [0.29, 0.717) is 10.3 Å². The average molecular weight is 447 g/mol. The third-order valence-electron chi connectivity index (χ3n) is 5.38. The Morgan fingerprint density at radius 2 is 1.91 bits per heavy atom. The zero-order valence-corrected chi connectivity index (χ0v) is 18.8.